The Morgan fingerprint density at radius 3 is 1.58 bits per heavy atom. The lowest BCUT2D eigenvalue weighted by Crippen LogP contribution is -1.97. The van der Waals surface area contributed by atoms with E-state index in [-0.39, 0.29) is 11.6 Å². The molecule has 0 bridgehead atoms. The number of nitrogens with zero attached hydrogens (tertiary/aromatic N) is 2. The fourth-order valence-corrected chi connectivity index (χ4v) is 0.664. The summed E-state index contributed by atoms with van der Waals surface area (Å²) in [7, 11) is 0. The molecule has 2 aromatic rings. The van der Waals surface area contributed by atoms with E-state index in [1.54, 1.807) is 0 Å². The van der Waals surface area contributed by atoms with Crippen LogP contribution >= 0.6 is 0 Å². The van der Waals surface area contributed by atoms with Crippen LogP contribution in [-0.2, 0) is 0 Å². The fraction of sp³-hybridized carbons (Fsp3) is 0. The van der Waals surface area contributed by atoms with Crippen LogP contribution in [0.15, 0.2) is 18.6 Å². The van der Waals surface area contributed by atoms with Crippen LogP contribution in [-0.4, -0.2) is 20.3 Å². The molecular weight excluding hydrogens is 168 g/mol. The van der Waals surface area contributed by atoms with Crippen LogP contribution in [0.25, 0.3) is 11.6 Å². The summed E-state index contributed by atoms with van der Waals surface area (Å²) >= 11 is 0. The Bertz CT molecular complexity index is 441. The van der Waals surface area contributed by atoms with Gasteiger partial charge in [-0.2, -0.15) is 0 Å². The molecule has 8 nitrogen and oxygen atoms in total. The maximum absolute atomic E-state index is 10.4. The van der Waals surface area contributed by atoms with Gasteiger partial charge in [-0.15, -0.1) is 0 Å². The largest absolute Gasteiger partial charge is 0.439 e. The highest BCUT2D eigenvalue weighted by molar-refractivity contribution is 5.38. The second kappa shape index (κ2) is 2.19. The van der Waals surface area contributed by atoms with Gasteiger partial charge < -0.3 is 0 Å². The van der Waals surface area contributed by atoms with Crippen molar-refractivity contribution in [1.29, 1.82) is 0 Å². The summed E-state index contributed by atoms with van der Waals surface area (Å²) in [6.45, 7) is 0. The van der Waals surface area contributed by atoms with Crippen molar-refractivity contribution in [1.82, 2.24) is 20.3 Å². The first kappa shape index (κ1) is 6.58. The van der Waals surface area contributed by atoms with Crippen LogP contribution in [0.4, 0.5) is 0 Å². The van der Waals surface area contributed by atoms with Crippen LogP contribution in [0.5, 0.6) is 0 Å². The lowest BCUT2D eigenvalue weighted by molar-refractivity contribution is 0.381. The van der Waals surface area contributed by atoms with Gasteiger partial charge in [-0.05, 0) is 0 Å². The summed E-state index contributed by atoms with van der Waals surface area (Å²) < 4.78 is 8.33. The molecule has 0 aliphatic carbocycles. The Labute approximate surface area is 63.2 Å². The SMILES string of the molecule is O=c1[nH]c(-c2noc(=O)[nH]2)no1. The van der Waals surface area contributed by atoms with Crippen LogP contribution in [0, 0.1) is 0 Å². The zero-order valence-electron chi connectivity index (χ0n) is 5.53. The molecule has 8 heteroatoms. The van der Waals surface area contributed by atoms with Crippen molar-refractivity contribution in [2.45, 2.75) is 0 Å². The number of aromatic amines is 2. The molecule has 12 heavy (non-hydrogen) atoms. The summed E-state index contributed by atoms with van der Waals surface area (Å²) in [4.78, 5) is 25.2. The van der Waals surface area contributed by atoms with E-state index in [9.17, 15) is 9.59 Å². The smallest absolute Gasteiger partial charge is 0.295 e. The Kier molecular flexibility index (Phi) is 1.20. The number of H-pyrrole nitrogens is 2. The molecule has 0 aliphatic heterocycles. The molecule has 0 aliphatic rings. The van der Waals surface area contributed by atoms with E-state index in [0.717, 1.165) is 0 Å². The Balaban J connectivity index is 2.57. The zero-order chi connectivity index (χ0) is 8.55. The topological polar surface area (TPSA) is 118 Å². The van der Waals surface area contributed by atoms with Gasteiger partial charge in [0.15, 0.2) is 0 Å². The summed E-state index contributed by atoms with van der Waals surface area (Å²) in [6.07, 6.45) is 0. The Hall–Kier alpha value is -2.12. The summed E-state index contributed by atoms with van der Waals surface area (Å²) in [5.74, 6) is -1.42. The van der Waals surface area contributed by atoms with Gasteiger partial charge in [-0.1, -0.05) is 10.3 Å². The molecule has 0 atom stereocenters. The molecule has 0 unspecified atom stereocenters. The zero-order valence-corrected chi connectivity index (χ0v) is 5.53. The van der Waals surface area contributed by atoms with E-state index in [4.69, 9.17) is 0 Å². The average Bonchev–Trinajstić information content (AvgIpc) is 2.58. The number of aromatic nitrogens is 4. The monoisotopic (exact) mass is 170 g/mol. The first-order valence-electron chi connectivity index (χ1n) is 2.88. The van der Waals surface area contributed by atoms with Crippen molar-refractivity contribution < 1.29 is 9.05 Å². The average molecular weight is 170 g/mol. The molecule has 2 rings (SSSR count). The molecule has 0 spiro atoms. The Morgan fingerprint density at radius 1 is 0.917 bits per heavy atom. The van der Waals surface area contributed by atoms with Crippen LogP contribution in [0.3, 0.4) is 0 Å². The third-order valence-corrected chi connectivity index (χ3v) is 1.10. The maximum Gasteiger partial charge on any atom is 0.439 e. The van der Waals surface area contributed by atoms with Gasteiger partial charge >= 0.3 is 11.5 Å². The number of hydrogen-bond acceptors (Lipinski definition) is 6. The lowest BCUT2D eigenvalue weighted by atomic mass is 10.6. The minimum atomic E-state index is -0.728. The predicted octanol–water partition coefficient (Wildman–Crippen LogP) is -1.29. The molecule has 0 saturated heterocycles. The quantitative estimate of drug-likeness (QED) is 0.549. The van der Waals surface area contributed by atoms with Gasteiger partial charge in [0.1, 0.15) is 0 Å². The number of rotatable bonds is 1. The van der Waals surface area contributed by atoms with Gasteiger partial charge in [0.25, 0.3) is 0 Å². The predicted molar refractivity (Wildman–Crippen MR) is 33.2 cm³/mol. The molecule has 0 amide bonds. The highest BCUT2D eigenvalue weighted by Gasteiger charge is 2.08. The Morgan fingerprint density at radius 2 is 1.33 bits per heavy atom. The molecule has 2 N–H and O–H groups in total. The van der Waals surface area contributed by atoms with E-state index < -0.39 is 11.5 Å². The minimum absolute atomic E-state index is 0.0193. The van der Waals surface area contributed by atoms with Crippen molar-refractivity contribution in [2.75, 3.05) is 0 Å². The van der Waals surface area contributed by atoms with E-state index in [1.807, 2.05) is 0 Å². The molecular formula is C4H2N4O4. The van der Waals surface area contributed by atoms with E-state index in [0.29, 0.717) is 0 Å². The summed E-state index contributed by atoms with van der Waals surface area (Å²) in [5, 5.41) is 6.53. The highest BCUT2D eigenvalue weighted by Crippen LogP contribution is 2.01. The van der Waals surface area contributed by atoms with Crippen molar-refractivity contribution in [2.24, 2.45) is 0 Å². The molecule has 2 heterocycles. The van der Waals surface area contributed by atoms with Crippen molar-refractivity contribution in [3.63, 3.8) is 0 Å². The van der Waals surface area contributed by atoms with Gasteiger partial charge in [0.2, 0.25) is 11.6 Å². The normalized spacial score (nSPS) is 10.3. The summed E-state index contributed by atoms with van der Waals surface area (Å²) in [6, 6.07) is 0. The van der Waals surface area contributed by atoms with Crippen molar-refractivity contribution in [3.05, 3.63) is 21.1 Å². The number of hydrogen-bond donors (Lipinski definition) is 2. The number of nitrogens with one attached hydrogen (secondary N) is 2. The van der Waals surface area contributed by atoms with E-state index in [1.165, 1.54) is 0 Å². The van der Waals surface area contributed by atoms with Crippen LogP contribution in [0.1, 0.15) is 0 Å². The van der Waals surface area contributed by atoms with Gasteiger partial charge in [-0.3, -0.25) is 19.0 Å². The van der Waals surface area contributed by atoms with Gasteiger partial charge in [0.05, 0.1) is 0 Å². The third-order valence-electron chi connectivity index (χ3n) is 1.10. The molecule has 62 valence electrons. The first-order valence-corrected chi connectivity index (χ1v) is 2.88. The van der Waals surface area contributed by atoms with Crippen LogP contribution in [0.2, 0.25) is 0 Å². The molecule has 0 saturated carbocycles. The highest BCUT2D eigenvalue weighted by atomic mass is 16.5. The maximum atomic E-state index is 10.4. The standard InChI is InChI=1S/C4H2N4O4/c9-3-5-1(7-11-3)2-6-4(10)12-8-2/h(H,5,7,9)(H,6,8,10). The van der Waals surface area contributed by atoms with E-state index >= 15 is 0 Å². The van der Waals surface area contributed by atoms with E-state index in [2.05, 4.69) is 29.3 Å². The van der Waals surface area contributed by atoms with Gasteiger partial charge in [0, 0.05) is 0 Å². The third kappa shape index (κ3) is 0.944. The lowest BCUT2D eigenvalue weighted by Gasteiger charge is -1.77. The van der Waals surface area contributed by atoms with Crippen molar-refractivity contribution >= 4 is 0 Å². The molecule has 0 aromatic carbocycles. The summed E-state index contributed by atoms with van der Waals surface area (Å²) in [5.41, 5.74) is 0. The molecule has 0 radical (unpaired) electrons. The molecule has 0 fully saturated rings. The van der Waals surface area contributed by atoms with Crippen molar-refractivity contribution in [3.8, 4) is 11.6 Å². The minimum Gasteiger partial charge on any atom is -0.295 e. The second-order valence-corrected chi connectivity index (χ2v) is 1.89. The molecule has 2 aromatic heterocycles. The fourth-order valence-electron chi connectivity index (χ4n) is 0.664. The van der Waals surface area contributed by atoms with Crippen LogP contribution < -0.4 is 11.5 Å². The van der Waals surface area contributed by atoms with Gasteiger partial charge in [-0.25, -0.2) is 9.59 Å². The second-order valence-electron chi connectivity index (χ2n) is 1.89. The first-order chi connectivity index (χ1) is 5.75.